The van der Waals surface area contributed by atoms with Crippen molar-refractivity contribution < 1.29 is 0 Å². The fourth-order valence-electron chi connectivity index (χ4n) is 2.53. The zero-order chi connectivity index (χ0) is 19.4. The van der Waals surface area contributed by atoms with Gasteiger partial charge < -0.3 is 0 Å². The van der Waals surface area contributed by atoms with Gasteiger partial charge in [-0.1, -0.05) is 102 Å². The number of thiocarbonyl (C=S) groups is 1. The highest BCUT2D eigenvalue weighted by Gasteiger charge is 2.14. The Morgan fingerprint density at radius 3 is 1.23 bits per heavy atom. The second-order valence-corrected chi connectivity index (χ2v) is 11.9. The molecule has 0 bridgehead atoms. The Bertz CT molecular complexity index is 651. The lowest BCUT2D eigenvalue weighted by atomic mass is 9.87. The van der Waals surface area contributed by atoms with E-state index in [1.807, 2.05) is 0 Å². The van der Waals surface area contributed by atoms with Crippen LogP contribution in [0.1, 0.15) is 63.8 Å². The molecule has 0 radical (unpaired) electrons. The van der Waals surface area contributed by atoms with Gasteiger partial charge in [0.15, 0.2) is 0 Å². The van der Waals surface area contributed by atoms with Crippen LogP contribution in [0.15, 0.2) is 48.5 Å². The molecule has 26 heavy (non-hydrogen) atoms. The van der Waals surface area contributed by atoms with Crippen LogP contribution in [0.2, 0.25) is 0 Å². The highest BCUT2D eigenvalue weighted by Crippen LogP contribution is 2.28. The van der Waals surface area contributed by atoms with Crippen LogP contribution in [0.4, 0.5) is 0 Å². The monoisotopic (exact) mass is 402 g/mol. The first kappa shape index (κ1) is 21.5. The van der Waals surface area contributed by atoms with Gasteiger partial charge in [-0.05, 0) is 33.1 Å². The maximum Gasteiger partial charge on any atom is 0.104 e. The van der Waals surface area contributed by atoms with Crippen LogP contribution in [-0.2, 0) is 22.3 Å². The quantitative estimate of drug-likeness (QED) is 0.480. The summed E-state index contributed by atoms with van der Waals surface area (Å²) in [6, 6.07) is 17.9. The molecule has 0 nitrogen and oxygen atoms in total. The van der Waals surface area contributed by atoms with Crippen LogP contribution >= 0.6 is 35.7 Å². The van der Waals surface area contributed by atoms with E-state index in [-0.39, 0.29) is 10.8 Å². The molecule has 0 aliphatic rings. The first-order valence-electron chi connectivity index (χ1n) is 9.04. The van der Waals surface area contributed by atoms with Gasteiger partial charge in [0, 0.05) is 11.5 Å². The molecule has 0 fully saturated rings. The fourth-order valence-corrected chi connectivity index (χ4v) is 4.52. The molecule has 0 N–H and O–H groups in total. The zero-order valence-electron chi connectivity index (χ0n) is 16.8. The first-order valence-corrected chi connectivity index (χ1v) is 11.4. The van der Waals surface area contributed by atoms with Crippen molar-refractivity contribution in [3.63, 3.8) is 0 Å². The van der Waals surface area contributed by atoms with E-state index in [0.29, 0.717) is 0 Å². The minimum atomic E-state index is 0.208. The molecule has 0 saturated carbocycles. The summed E-state index contributed by atoms with van der Waals surface area (Å²) in [5.41, 5.74) is 5.84. The van der Waals surface area contributed by atoms with Gasteiger partial charge in [0.05, 0.1) is 0 Å². The standard InChI is InChI=1S/C23H30S3/c1-22(2,3)19-11-7-17(8-12-19)15-25-21(24)26-16-18-9-13-20(14-10-18)23(4,5)6/h7-14H,15-16H2,1-6H3. The second kappa shape index (κ2) is 8.95. The Labute approximate surface area is 173 Å². The average Bonchev–Trinajstić information content (AvgIpc) is 2.57. The van der Waals surface area contributed by atoms with E-state index in [1.165, 1.54) is 22.3 Å². The van der Waals surface area contributed by atoms with E-state index in [1.54, 1.807) is 23.5 Å². The van der Waals surface area contributed by atoms with Crippen LogP contribution in [0.3, 0.4) is 0 Å². The van der Waals surface area contributed by atoms with E-state index < -0.39 is 0 Å². The molecule has 2 aromatic rings. The Balaban J connectivity index is 1.80. The van der Waals surface area contributed by atoms with Crippen molar-refractivity contribution in [2.45, 2.75) is 63.9 Å². The molecule has 0 aliphatic heterocycles. The van der Waals surface area contributed by atoms with Crippen molar-refractivity contribution in [2.24, 2.45) is 0 Å². The molecule has 2 aromatic carbocycles. The third-order valence-electron chi connectivity index (χ3n) is 4.35. The van der Waals surface area contributed by atoms with Crippen molar-refractivity contribution in [3.8, 4) is 0 Å². The van der Waals surface area contributed by atoms with Crippen LogP contribution in [0.5, 0.6) is 0 Å². The predicted octanol–water partition coefficient (Wildman–Crippen LogP) is 7.73. The Kier molecular flexibility index (Phi) is 7.41. The highest BCUT2D eigenvalue weighted by atomic mass is 32.2. The van der Waals surface area contributed by atoms with E-state index in [9.17, 15) is 0 Å². The maximum atomic E-state index is 5.55. The lowest BCUT2D eigenvalue weighted by Gasteiger charge is -2.19. The number of rotatable bonds is 4. The van der Waals surface area contributed by atoms with Crippen LogP contribution < -0.4 is 0 Å². The van der Waals surface area contributed by atoms with Gasteiger partial charge in [0.25, 0.3) is 0 Å². The van der Waals surface area contributed by atoms with E-state index in [4.69, 9.17) is 12.2 Å². The van der Waals surface area contributed by atoms with Crippen molar-refractivity contribution >= 4 is 39.3 Å². The number of benzene rings is 2. The average molecular weight is 403 g/mol. The summed E-state index contributed by atoms with van der Waals surface area (Å²) >= 11 is 9.08. The minimum absolute atomic E-state index is 0.208. The lowest BCUT2D eigenvalue weighted by molar-refractivity contribution is 0.590. The van der Waals surface area contributed by atoms with Gasteiger partial charge in [-0.25, -0.2) is 0 Å². The number of hydrogen-bond acceptors (Lipinski definition) is 3. The first-order chi connectivity index (χ1) is 12.1. The third kappa shape index (κ3) is 6.75. The van der Waals surface area contributed by atoms with Gasteiger partial charge in [-0.3, -0.25) is 0 Å². The molecular weight excluding hydrogens is 372 g/mol. The molecule has 0 aromatic heterocycles. The van der Waals surface area contributed by atoms with Gasteiger partial charge in [0.1, 0.15) is 3.53 Å². The molecule has 0 unspecified atom stereocenters. The van der Waals surface area contributed by atoms with Crippen molar-refractivity contribution in [1.29, 1.82) is 0 Å². The lowest BCUT2D eigenvalue weighted by Crippen LogP contribution is -2.10. The summed E-state index contributed by atoms with van der Waals surface area (Å²) in [5.74, 6) is 1.89. The van der Waals surface area contributed by atoms with E-state index in [2.05, 4.69) is 90.1 Å². The normalized spacial score (nSPS) is 12.2. The van der Waals surface area contributed by atoms with Crippen molar-refractivity contribution in [1.82, 2.24) is 0 Å². The molecule has 0 atom stereocenters. The minimum Gasteiger partial charge on any atom is -0.103 e. The molecule has 0 spiro atoms. The van der Waals surface area contributed by atoms with E-state index in [0.717, 1.165) is 15.0 Å². The van der Waals surface area contributed by atoms with E-state index >= 15 is 0 Å². The maximum absolute atomic E-state index is 5.55. The summed E-state index contributed by atoms with van der Waals surface area (Å²) in [4.78, 5) is 0. The third-order valence-corrected chi connectivity index (χ3v) is 7.19. The Morgan fingerprint density at radius 1 is 0.654 bits per heavy atom. The van der Waals surface area contributed by atoms with Gasteiger partial charge >= 0.3 is 0 Å². The topological polar surface area (TPSA) is 0 Å². The summed E-state index contributed by atoms with van der Waals surface area (Å²) < 4.78 is 1.02. The summed E-state index contributed by atoms with van der Waals surface area (Å²) in [5, 5.41) is 0. The summed E-state index contributed by atoms with van der Waals surface area (Å²) in [6.07, 6.45) is 0. The predicted molar refractivity (Wildman–Crippen MR) is 125 cm³/mol. The highest BCUT2D eigenvalue weighted by molar-refractivity contribution is 8.46. The summed E-state index contributed by atoms with van der Waals surface area (Å²) in [7, 11) is 0. The smallest absolute Gasteiger partial charge is 0.103 e. The van der Waals surface area contributed by atoms with Gasteiger partial charge in [0.2, 0.25) is 0 Å². The molecule has 0 saturated heterocycles. The largest absolute Gasteiger partial charge is 0.104 e. The molecule has 140 valence electrons. The van der Waals surface area contributed by atoms with Crippen LogP contribution in [0, 0.1) is 0 Å². The number of hydrogen-bond donors (Lipinski definition) is 0. The van der Waals surface area contributed by atoms with Gasteiger partial charge in [-0.2, -0.15) is 0 Å². The molecule has 3 heteroatoms. The molecular formula is C23H30S3. The Hall–Kier alpha value is -0.770. The molecule has 0 amide bonds. The Morgan fingerprint density at radius 2 is 0.962 bits per heavy atom. The second-order valence-electron chi connectivity index (χ2n) is 8.72. The molecule has 2 rings (SSSR count). The fraction of sp³-hybridized carbons (Fsp3) is 0.435. The van der Waals surface area contributed by atoms with Crippen molar-refractivity contribution in [2.75, 3.05) is 0 Å². The SMILES string of the molecule is CC(C)(C)c1ccc(CSC(=S)SCc2ccc(C(C)(C)C)cc2)cc1. The van der Waals surface area contributed by atoms with Crippen LogP contribution in [-0.4, -0.2) is 3.53 Å². The molecule has 0 aliphatic carbocycles. The summed E-state index contributed by atoms with van der Waals surface area (Å²) in [6.45, 7) is 13.5. The number of thioether (sulfide) groups is 2. The van der Waals surface area contributed by atoms with Crippen LogP contribution in [0.25, 0.3) is 0 Å². The van der Waals surface area contributed by atoms with Gasteiger partial charge in [-0.15, -0.1) is 23.5 Å². The van der Waals surface area contributed by atoms with Crippen molar-refractivity contribution in [3.05, 3.63) is 70.8 Å². The zero-order valence-corrected chi connectivity index (χ0v) is 19.2. The molecule has 0 heterocycles.